The van der Waals surface area contributed by atoms with Crippen LogP contribution >= 0.6 is 0 Å². The molecule has 0 amide bonds. The van der Waals surface area contributed by atoms with Gasteiger partial charge in [-0.3, -0.25) is 4.99 Å². The molecule has 0 spiro atoms. The fraction of sp³-hybridized carbons (Fsp3) is 0.852. The standard InChI is InChI=1S/C27H41NO5/c1-4-17(2)28-16-25-10-5-19(29)14-26(25,31)11-7-22-21(25)6-9-24(3)20(8-12-27(22,24)32)18-13-23(30)33-15-18/h13,16-17,19-22,29,31-32H,4-12,14-15H2,1-3H3/t17-,19+,20-,21+,22-,24-,25+,26+,27+/m1/s1. The Labute approximate surface area is 197 Å². The van der Waals surface area contributed by atoms with E-state index in [1.807, 2.05) is 0 Å². The van der Waals surface area contributed by atoms with Gasteiger partial charge in [0.15, 0.2) is 0 Å². The molecule has 1 aliphatic heterocycles. The van der Waals surface area contributed by atoms with E-state index >= 15 is 0 Å². The van der Waals surface area contributed by atoms with E-state index in [-0.39, 0.29) is 35.2 Å². The number of carbonyl (C=O) groups is 1. The number of esters is 1. The molecule has 0 bridgehead atoms. The molecular formula is C27H41NO5. The van der Waals surface area contributed by atoms with Crippen molar-refractivity contribution in [1.29, 1.82) is 0 Å². The minimum Gasteiger partial charge on any atom is -0.458 e. The van der Waals surface area contributed by atoms with E-state index in [0.29, 0.717) is 25.9 Å². The largest absolute Gasteiger partial charge is 0.458 e. The summed E-state index contributed by atoms with van der Waals surface area (Å²) in [5.74, 6) is 0.123. The van der Waals surface area contributed by atoms with Gasteiger partial charge in [-0.25, -0.2) is 4.79 Å². The molecule has 184 valence electrons. The van der Waals surface area contributed by atoms with Crippen LogP contribution in [0.15, 0.2) is 16.6 Å². The number of hydrogen-bond acceptors (Lipinski definition) is 6. The van der Waals surface area contributed by atoms with Crippen LogP contribution in [0.4, 0.5) is 0 Å². The van der Waals surface area contributed by atoms with E-state index in [1.54, 1.807) is 6.08 Å². The second kappa shape index (κ2) is 7.89. The van der Waals surface area contributed by atoms with Crippen molar-refractivity contribution in [1.82, 2.24) is 0 Å². The van der Waals surface area contributed by atoms with Gasteiger partial charge in [0.05, 0.1) is 17.3 Å². The number of carbonyl (C=O) groups excluding carboxylic acids is 1. The summed E-state index contributed by atoms with van der Waals surface area (Å²) in [6, 6.07) is 0.190. The van der Waals surface area contributed by atoms with E-state index in [9.17, 15) is 20.1 Å². The Balaban J connectivity index is 1.53. The molecule has 4 aliphatic carbocycles. The first-order valence-electron chi connectivity index (χ1n) is 13.1. The van der Waals surface area contributed by atoms with Gasteiger partial charge in [0.2, 0.25) is 0 Å². The van der Waals surface area contributed by atoms with Crippen LogP contribution in [0.1, 0.15) is 85.0 Å². The van der Waals surface area contributed by atoms with Gasteiger partial charge in [0, 0.05) is 35.6 Å². The first kappa shape index (κ1) is 23.5. The van der Waals surface area contributed by atoms with E-state index in [1.165, 1.54) is 0 Å². The highest BCUT2D eigenvalue weighted by Crippen LogP contribution is 2.70. The van der Waals surface area contributed by atoms with Crippen LogP contribution in [0.5, 0.6) is 0 Å². The lowest BCUT2D eigenvalue weighted by atomic mass is 9.41. The normalized spacial score (nSPS) is 50.4. The van der Waals surface area contributed by atoms with Crippen LogP contribution in [0.2, 0.25) is 0 Å². The molecule has 0 radical (unpaired) electrons. The lowest BCUT2D eigenvalue weighted by Crippen LogP contribution is -2.68. The van der Waals surface area contributed by atoms with Crippen molar-refractivity contribution < 1.29 is 24.9 Å². The van der Waals surface area contributed by atoms with Gasteiger partial charge in [-0.1, -0.05) is 13.8 Å². The Morgan fingerprint density at radius 3 is 2.61 bits per heavy atom. The highest BCUT2D eigenvalue weighted by atomic mass is 16.5. The van der Waals surface area contributed by atoms with Crippen molar-refractivity contribution in [2.24, 2.45) is 33.6 Å². The minimum absolute atomic E-state index is 0.0822. The Bertz CT molecular complexity index is 871. The second-order valence-electron chi connectivity index (χ2n) is 12.1. The Kier molecular flexibility index (Phi) is 5.62. The van der Waals surface area contributed by atoms with Crippen LogP contribution in [0.3, 0.4) is 0 Å². The van der Waals surface area contributed by atoms with Crippen LogP contribution in [0.25, 0.3) is 0 Å². The van der Waals surface area contributed by atoms with E-state index < -0.39 is 22.7 Å². The molecule has 3 N–H and O–H groups in total. The zero-order chi connectivity index (χ0) is 23.6. The van der Waals surface area contributed by atoms with Crippen LogP contribution in [-0.4, -0.2) is 57.5 Å². The molecule has 33 heavy (non-hydrogen) atoms. The molecule has 0 saturated heterocycles. The number of hydrogen-bond donors (Lipinski definition) is 3. The molecule has 0 unspecified atom stereocenters. The summed E-state index contributed by atoms with van der Waals surface area (Å²) in [5.41, 5.74) is -1.56. The van der Waals surface area contributed by atoms with Crippen LogP contribution in [-0.2, 0) is 9.53 Å². The molecule has 6 heteroatoms. The Morgan fingerprint density at radius 2 is 1.91 bits per heavy atom. The number of rotatable bonds is 4. The fourth-order valence-corrected chi connectivity index (χ4v) is 8.73. The second-order valence-corrected chi connectivity index (χ2v) is 12.1. The van der Waals surface area contributed by atoms with Crippen molar-refractivity contribution in [3.05, 3.63) is 11.6 Å². The summed E-state index contributed by atoms with van der Waals surface area (Å²) in [6.07, 6.45) is 10.7. The lowest BCUT2D eigenvalue weighted by Gasteiger charge is -2.65. The number of ether oxygens (including phenoxy) is 1. The summed E-state index contributed by atoms with van der Waals surface area (Å²) in [6.45, 7) is 6.80. The number of fused-ring (bicyclic) bond motifs is 5. The quantitative estimate of drug-likeness (QED) is 0.441. The number of aliphatic hydroxyl groups is 3. The van der Waals surface area contributed by atoms with Crippen molar-refractivity contribution >= 4 is 12.2 Å². The average molecular weight is 460 g/mol. The van der Waals surface area contributed by atoms with Gasteiger partial charge >= 0.3 is 5.97 Å². The minimum atomic E-state index is -0.973. The average Bonchev–Trinajstić information content (AvgIpc) is 3.31. The highest BCUT2D eigenvalue weighted by molar-refractivity contribution is 5.85. The van der Waals surface area contributed by atoms with E-state index in [0.717, 1.165) is 50.5 Å². The third-order valence-electron chi connectivity index (χ3n) is 10.8. The van der Waals surface area contributed by atoms with E-state index in [4.69, 9.17) is 9.73 Å². The molecule has 1 heterocycles. The van der Waals surface area contributed by atoms with Gasteiger partial charge in [-0.05, 0) is 88.0 Å². The lowest BCUT2D eigenvalue weighted by molar-refractivity contribution is -0.237. The zero-order valence-corrected chi connectivity index (χ0v) is 20.4. The molecule has 9 atom stereocenters. The van der Waals surface area contributed by atoms with Crippen LogP contribution in [0, 0.1) is 28.6 Å². The molecule has 0 aromatic rings. The summed E-state index contributed by atoms with van der Waals surface area (Å²) < 4.78 is 5.23. The number of aliphatic imine (C=N–C) groups is 1. The monoisotopic (exact) mass is 459 g/mol. The maximum absolute atomic E-state index is 12.4. The van der Waals surface area contributed by atoms with Gasteiger partial charge in [0.1, 0.15) is 6.61 Å². The Hall–Kier alpha value is -1.24. The summed E-state index contributed by atoms with van der Waals surface area (Å²) in [7, 11) is 0. The Morgan fingerprint density at radius 1 is 1.15 bits per heavy atom. The van der Waals surface area contributed by atoms with Gasteiger partial charge in [-0.2, -0.15) is 0 Å². The number of nitrogens with zero attached hydrogens (tertiary/aromatic N) is 1. The van der Waals surface area contributed by atoms with Crippen molar-refractivity contribution in [3.63, 3.8) is 0 Å². The molecule has 4 fully saturated rings. The first-order chi connectivity index (χ1) is 15.6. The van der Waals surface area contributed by atoms with Gasteiger partial charge in [-0.15, -0.1) is 0 Å². The molecule has 6 nitrogen and oxygen atoms in total. The smallest absolute Gasteiger partial charge is 0.331 e. The van der Waals surface area contributed by atoms with Crippen molar-refractivity contribution in [2.45, 2.75) is 108 Å². The maximum Gasteiger partial charge on any atom is 0.331 e. The molecule has 5 aliphatic rings. The summed E-state index contributed by atoms with van der Waals surface area (Å²) >= 11 is 0. The number of aliphatic hydroxyl groups excluding tert-OH is 1. The molecule has 0 aromatic heterocycles. The van der Waals surface area contributed by atoms with Crippen molar-refractivity contribution in [3.8, 4) is 0 Å². The zero-order valence-electron chi connectivity index (χ0n) is 20.4. The van der Waals surface area contributed by atoms with Crippen molar-refractivity contribution in [2.75, 3.05) is 6.61 Å². The summed E-state index contributed by atoms with van der Waals surface area (Å²) in [4.78, 5) is 16.7. The predicted octanol–water partition coefficient (Wildman–Crippen LogP) is 3.57. The van der Waals surface area contributed by atoms with E-state index in [2.05, 4.69) is 27.0 Å². The molecule has 5 rings (SSSR count). The maximum atomic E-state index is 12.4. The summed E-state index contributed by atoms with van der Waals surface area (Å²) in [5, 5.41) is 34.8. The SMILES string of the molecule is CC[C@@H](C)N=C[C@]12CC[C@H](O)C[C@@]1(O)CC[C@@H]1[C@@H]2CC[C@]2(C)[C@@H](C3=CC(=O)OC3)CC[C@]12O. The number of cyclic esters (lactones) is 1. The first-order valence-corrected chi connectivity index (χ1v) is 13.1. The van der Waals surface area contributed by atoms with Gasteiger partial charge < -0.3 is 20.1 Å². The topological polar surface area (TPSA) is 99.4 Å². The third kappa shape index (κ3) is 3.23. The molecule has 4 saturated carbocycles. The van der Waals surface area contributed by atoms with Gasteiger partial charge in [0.25, 0.3) is 0 Å². The fourth-order valence-electron chi connectivity index (χ4n) is 8.73. The third-order valence-corrected chi connectivity index (χ3v) is 10.8. The molecule has 0 aromatic carbocycles. The van der Waals surface area contributed by atoms with Crippen LogP contribution < -0.4 is 0 Å². The molecular weight excluding hydrogens is 418 g/mol. The highest BCUT2D eigenvalue weighted by Gasteiger charge is 2.71. The predicted molar refractivity (Wildman–Crippen MR) is 126 cm³/mol.